The zero-order valence-corrected chi connectivity index (χ0v) is 13.6. The van der Waals surface area contributed by atoms with Gasteiger partial charge in [0, 0.05) is 0 Å². The standard InChI is InChI=1S/C15H13ClFNO4S/c1-10-2-5-12(6-3-10)23(21,22)18(9-15(19)20)11-4-7-14(17)13(16)8-11/h2-8H,9H2,1H3,(H,19,20). The SMILES string of the molecule is Cc1ccc(S(=O)(=O)N(CC(=O)O)c2ccc(F)c(Cl)c2)cc1. The molecule has 122 valence electrons. The van der Waals surface area contributed by atoms with Crippen LogP contribution in [0.2, 0.25) is 5.02 Å². The summed E-state index contributed by atoms with van der Waals surface area (Å²) in [5, 5.41) is 8.72. The highest BCUT2D eigenvalue weighted by Gasteiger charge is 2.27. The molecule has 0 bridgehead atoms. The topological polar surface area (TPSA) is 74.7 Å². The molecule has 0 spiro atoms. The second-order valence-corrected chi connectivity index (χ2v) is 7.09. The minimum atomic E-state index is -4.12. The van der Waals surface area contributed by atoms with Gasteiger partial charge in [-0.2, -0.15) is 0 Å². The number of anilines is 1. The van der Waals surface area contributed by atoms with Crippen LogP contribution in [-0.2, 0) is 14.8 Å². The fourth-order valence-corrected chi connectivity index (χ4v) is 3.50. The van der Waals surface area contributed by atoms with E-state index in [9.17, 15) is 17.6 Å². The number of aliphatic carboxylic acids is 1. The van der Waals surface area contributed by atoms with E-state index in [0.717, 1.165) is 23.8 Å². The monoisotopic (exact) mass is 357 g/mol. The highest BCUT2D eigenvalue weighted by Crippen LogP contribution is 2.27. The minimum Gasteiger partial charge on any atom is -0.480 e. The zero-order valence-electron chi connectivity index (χ0n) is 12.0. The summed E-state index contributed by atoms with van der Waals surface area (Å²) in [5.41, 5.74) is 0.831. The van der Waals surface area contributed by atoms with Crippen molar-refractivity contribution >= 4 is 33.3 Å². The predicted octanol–water partition coefficient (Wildman–Crippen LogP) is 3.07. The van der Waals surface area contributed by atoms with E-state index in [1.54, 1.807) is 19.1 Å². The van der Waals surface area contributed by atoms with Gasteiger partial charge in [-0.15, -0.1) is 0 Å². The van der Waals surface area contributed by atoms with Crippen LogP contribution in [0.4, 0.5) is 10.1 Å². The average molecular weight is 358 g/mol. The van der Waals surface area contributed by atoms with Crippen molar-refractivity contribution in [3.63, 3.8) is 0 Å². The molecule has 0 aliphatic heterocycles. The van der Waals surface area contributed by atoms with E-state index < -0.39 is 28.4 Å². The number of aryl methyl sites for hydroxylation is 1. The van der Waals surface area contributed by atoms with Crippen molar-refractivity contribution in [3.05, 3.63) is 58.9 Å². The van der Waals surface area contributed by atoms with Gasteiger partial charge < -0.3 is 5.11 Å². The molecule has 0 heterocycles. The molecule has 5 nitrogen and oxygen atoms in total. The van der Waals surface area contributed by atoms with Crippen molar-refractivity contribution < 1.29 is 22.7 Å². The van der Waals surface area contributed by atoms with Crippen LogP contribution < -0.4 is 4.31 Å². The normalized spacial score (nSPS) is 11.3. The second kappa shape index (κ2) is 6.55. The van der Waals surface area contributed by atoms with Crippen LogP contribution in [-0.4, -0.2) is 26.0 Å². The highest BCUT2D eigenvalue weighted by molar-refractivity contribution is 7.92. The zero-order chi connectivity index (χ0) is 17.2. The van der Waals surface area contributed by atoms with Crippen molar-refractivity contribution in [2.45, 2.75) is 11.8 Å². The first-order valence-corrected chi connectivity index (χ1v) is 8.30. The van der Waals surface area contributed by atoms with Crippen LogP contribution in [0.15, 0.2) is 47.4 Å². The molecule has 0 unspecified atom stereocenters. The Kier molecular flexibility index (Phi) is 4.91. The fourth-order valence-electron chi connectivity index (χ4n) is 1.92. The van der Waals surface area contributed by atoms with Crippen molar-refractivity contribution in [1.29, 1.82) is 0 Å². The largest absolute Gasteiger partial charge is 0.480 e. The number of carboxylic acids is 1. The molecule has 0 saturated carbocycles. The van der Waals surface area contributed by atoms with Crippen molar-refractivity contribution in [1.82, 2.24) is 0 Å². The smallest absolute Gasteiger partial charge is 0.324 e. The molecular weight excluding hydrogens is 345 g/mol. The third-order valence-electron chi connectivity index (χ3n) is 3.08. The Morgan fingerprint density at radius 2 is 1.83 bits per heavy atom. The molecule has 2 aromatic rings. The Bertz CT molecular complexity index is 837. The summed E-state index contributed by atoms with van der Waals surface area (Å²) < 4.78 is 39.3. The molecule has 0 amide bonds. The lowest BCUT2D eigenvalue weighted by atomic mass is 10.2. The van der Waals surface area contributed by atoms with Gasteiger partial charge in [0.1, 0.15) is 12.4 Å². The van der Waals surface area contributed by atoms with Crippen LogP contribution in [0.25, 0.3) is 0 Å². The van der Waals surface area contributed by atoms with Crippen LogP contribution in [0.5, 0.6) is 0 Å². The number of carbonyl (C=O) groups is 1. The Hall–Kier alpha value is -2.12. The van der Waals surface area contributed by atoms with E-state index in [-0.39, 0.29) is 15.6 Å². The summed E-state index contributed by atoms with van der Waals surface area (Å²) in [6.07, 6.45) is 0. The van der Waals surface area contributed by atoms with E-state index in [1.165, 1.54) is 12.1 Å². The Balaban J connectivity index is 2.55. The first-order valence-electron chi connectivity index (χ1n) is 6.48. The van der Waals surface area contributed by atoms with Gasteiger partial charge in [0.25, 0.3) is 10.0 Å². The lowest BCUT2D eigenvalue weighted by Crippen LogP contribution is -2.35. The van der Waals surface area contributed by atoms with Gasteiger partial charge in [-0.05, 0) is 37.3 Å². The molecule has 0 aromatic heterocycles. The summed E-state index contributed by atoms with van der Waals surface area (Å²) in [5.74, 6) is -2.07. The lowest BCUT2D eigenvalue weighted by Gasteiger charge is -2.23. The first kappa shape index (κ1) is 17.2. The van der Waals surface area contributed by atoms with Gasteiger partial charge in [0.2, 0.25) is 0 Å². The molecule has 0 aliphatic rings. The Morgan fingerprint density at radius 1 is 1.22 bits per heavy atom. The molecule has 23 heavy (non-hydrogen) atoms. The third-order valence-corrected chi connectivity index (χ3v) is 5.16. The molecule has 0 saturated heterocycles. The van der Waals surface area contributed by atoms with E-state index in [1.807, 2.05) is 0 Å². The van der Waals surface area contributed by atoms with Gasteiger partial charge in [0.15, 0.2) is 0 Å². The quantitative estimate of drug-likeness (QED) is 0.892. The number of hydrogen-bond acceptors (Lipinski definition) is 3. The second-order valence-electron chi connectivity index (χ2n) is 4.82. The number of rotatable bonds is 5. The van der Waals surface area contributed by atoms with Crippen molar-refractivity contribution in [2.75, 3.05) is 10.8 Å². The number of carboxylic acid groups (broad SMARTS) is 1. The Labute approximate surface area is 138 Å². The number of halogens is 2. The van der Waals surface area contributed by atoms with Crippen LogP contribution in [0, 0.1) is 12.7 Å². The van der Waals surface area contributed by atoms with Gasteiger partial charge in [-0.1, -0.05) is 29.3 Å². The van der Waals surface area contributed by atoms with Gasteiger partial charge in [0.05, 0.1) is 15.6 Å². The van der Waals surface area contributed by atoms with E-state index in [2.05, 4.69) is 0 Å². The highest BCUT2D eigenvalue weighted by atomic mass is 35.5. The maximum Gasteiger partial charge on any atom is 0.324 e. The molecule has 2 rings (SSSR count). The lowest BCUT2D eigenvalue weighted by molar-refractivity contribution is -0.135. The Morgan fingerprint density at radius 3 is 2.35 bits per heavy atom. The van der Waals surface area contributed by atoms with E-state index in [4.69, 9.17) is 16.7 Å². The number of benzene rings is 2. The maximum atomic E-state index is 13.3. The minimum absolute atomic E-state index is 0.0284. The summed E-state index contributed by atoms with van der Waals surface area (Å²) in [4.78, 5) is 11.0. The summed E-state index contributed by atoms with van der Waals surface area (Å²) in [7, 11) is -4.12. The van der Waals surface area contributed by atoms with E-state index in [0.29, 0.717) is 4.31 Å². The van der Waals surface area contributed by atoms with Gasteiger partial charge in [-0.3, -0.25) is 9.10 Å². The average Bonchev–Trinajstić information content (AvgIpc) is 2.48. The molecule has 2 aromatic carbocycles. The van der Waals surface area contributed by atoms with Gasteiger partial charge in [-0.25, -0.2) is 12.8 Å². The van der Waals surface area contributed by atoms with Crippen molar-refractivity contribution in [2.24, 2.45) is 0 Å². The summed E-state index contributed by atoms with van der Waals surface area (Å²) in [6, 6.07) is 9.18. The van der Waals surface area contributed by atoms with E-state index >= 15 is 0 Å². The van der Waals surface area contributed by atoms with Crippen LogP contribution in [0.3, 0.4) is 0 Å². The maximum absolute atomic E-state index is 13.3. The molecule has 8 heteroatoms. The number of sulfonamides is 1. The molecule has 0 aliphatic carbocycles. The van der Waals surface area contributed by atoms with Gasteiger partial charge >= 0.3 is 5.97 Å². The molecule has 0 radical (unpaired) electrons. The molecule has 0 fully saturated rings. The third kappa shape index (κ3) is 3.80. The molecular formula is C15H13ClFNO4S. The molecule has 0 atom stereocenters. The molecule has 1 N–H and O–H groups in total. The van der Waals surface area contributed by atoms with Crippen LogP contribution in [0.1, 0.15) is 5.56 Å². The fraction of sp³-hybridized carbons (Fsp3) is 0.133. The predicted molar refractivity (Wildman–Crippen MR) is 84.8 cm³/mol. The summed E-state index contributed by atoms with van der Waals surface area (Å²) in [6.45, 7) is 0.989. The number of hydrogen-bond donors (Lipinski definition) is 1. The number of nitrogens with zero attached hydrogens (tertiary/aromatic N) is 1. The van der Waals surface area contributed by atoms with Crippen LogP contribution >= 0.6 is 11.6 Å². The van der Waals surface area contributed by atoms with Crippen molar-refractivity contribution in [3.8, 4) is 0 Å². The first-order chi connectivity index (χ1) is 10.7. The summed E-state index contributed by atoms with van der Waals surface area (Å²) >= 11 is 5.67.